The molecule has 0 unspecified atom stereocenters. The molecule has 15 nitrogen and oxygen atoms in total. The third kappa shape index (κ3) is 8.89. The van der Waals surface area contributed by atoms with E-state index < -0.39 is 73.0 Å². The van der Waals surface area contributed by atoms with Gasteiger partial charge in [-0.3, -0.25) is 4.79 Å². The first-order valence-electron chi connectivity index (χ1n) is 22.0. The number of rotatable bonds is 14. The number of carbonyl (C=O) groups excluding carboxylic acids is 2. The van der Waals surface area contributed by atoms with Crippen molar-refractivity contribution in [3.8, 4) is 28.7 Å². The van der Waals surface area contributed by atoms with Crippen LogP contribution in [-0.2, 0) is 62.5 Å². The average molecular weight is 903 g/mol. The van der Waals surface area contributed by atoms with E-state index in [4.69, 9.17) is 61.6 Å². The summed E-state index contributed by atoms with van der Waals surface area (Å²) in [6, 6.07) is 36.2. The summed E-state index contributed by atoms with van der Waals surface area (Å²) >= 11 is 0. The molecule has 3 saturated heterocycles. The summed E-state index contributed by atoms with van der Waals surface area (Å²) in [6.07, 6.45) is -5.88. The van der Waals surface area contributed by atoms with Crippen LogP contribution in [0.1, 0.15) is 52.3 Å². The van der Waals surface area contributed by atoms with Gasteiger partial charge >= 0.3 is 12.1 Å². The lowest BCUT2D eigenvalue weighted by molar-refractivity contribution is -0.375. The summed E-state index contributed by atoms with van der Waals surface area (Å²) in [6.45, 7) is 2.64. The maximum absolute atomic E-state index is 14.2. The lowest BCUT2D eigenvalue weighted by Gasteiger charge is -2.50. The van der Waals surface area contributed by atoms with Gasteiger partial charge in [-0.15, -0.1) is 0 Å². The molecule has 5 aromatic carbocycles. The fraction of sp³-hybridized carbons (Fsp3) is 0.373. The van der Waals surface area contributed by atoms with Gasteiger partial charge in [-0.1, -0.05) is 91.0 Å². The van der Waals surface area contributed by atoms with Crippen molar-refractivity contribution < 1.29 is 71.2 Å². The van der Waals surface area contributed by atoms with Gasteiger partial charge in [-0.25, -0.2) is 4.79 Å². The Bertz CT molecular complexity index is 2460. The summed E-state index contributed by atoms with van der Waals surface area (Å²) in [5.74, 6) is -0.961. The highest BCUT2D eigenvalue weighted by Crippen LogP contribution is 2.57. The molecule has 66 heavy (non-hydrogen) atoms. The van der Waals surface area contributed by atoms with E-state index in [9.17, 15) is 9.59 Å². The van der Waals surface area contributed by atoms with E-state index in [1.165, 1.54) is 14.2 Å². The predicted molar refractivity (Wildman–Crippen MR) is 232 cm³/mol. The molecule has 4 aliphatic heterocycles. The van der Waals surface area contributed by atoms with Crippen molar-refractivity contribution in [3.05, 3.63) is 149 Å². The van der Waals surface area contributed by atoms with E-state index in [1.54, 1.807) is 12.1 Å². The molecular weight excluding hydrogens is 853 g/mol. The van der Waals surface area contributed by atoms with Crippen molar-refractivity contribution in [1.29, 1.82) is 0 Å². The summed E-state index contributed by atoms with van der Waals surface area (Å²) in [5, 5.41) is 0. The van der Waals surface area contributed by atoms with E-state index in [-0.39, 0.29) is 57.1 Å². The van der Waals surface area contributed by atoms with Crippen LogP contribution in [0.25, 0.3) is 0 Å². The van der Waals surface area contributed by atoms with Crippen molar-refractivity contribution in [2.24, 2.45) is 11.8 Å². The molecule has 10 rings (SSSR count). The van der Waals surface area contributed by atoms with E-state index in [0.717, 1.165) is 27.8 Å². The smallest absolute Gasteiger partial charge is 0.493 e. The van der Waals surface area contributed by atoms with E-state index in [0.29, 0.717) is 17.1 Å². The normalized spacial score (nSPS) is 27.2. The number of fused-ring (bicyclic) bond motifs is 4. The molecule has 15 heteroatoms. The maximum atomic E-state index is 14.2. The van der Waals surface area contributed by atoms with E-state index in [1.807, 2.05) is 110 Å². The number of carbonyl (C=O) groups is 2. The monoisotopic (exact) mass is 902 g/mol. The van der Waals surface area contributed by atoms with Crippen molar-refractivity contribution in [3.63, 3.8) is 0 Å². The Balaban J connectivity index is 1.01. The quantitative estimate of drug-likeness (QED) is 0.0786. The molecule has 4 heterocycles. The molecule has 0 aromatic heterocycles. The van der Waals surface area contributed by atoms with Gasteiger partial charge in [0.2, 0.25) is 12.5 Å². The molecule has 0 saturated carbocycles. The minimum absolute atomic E-state index is 0.000925. The maximum Gasteiger partial charge on any atom is 0.514 e. The Kier molecular flexibility index (Phi) is 12.8. The second kappa shape index (κ2) is 19.3. The second-order valence-corrected chi connectivity index (χ2v) is 16.6. The first kappa shape index (κ1) is 43.7. The minimum atomic E-state index is -1.04. The number of benzene rings is 5. The number of esters is 1. The molecule has 0 bridgehead atoms. The number of methoxy groups -OCH3 is 2. The minimum Gasteiger partial charge on any atom is -0.493 e. The Morgan fingerprint density at radius 3 is 1.89 bits per heavy atom. The zero-order chi connectivity index (χ0) is 45.1. The molecule has 0 spiro atoms. The van der Waals surface area contributed by atoms with Gasteiger partial charge in [0, 0.05) is 11.8 Å². The van der Waals surface area contributed by atoms with Crippen LogP contribution in [0.3, 0.4) is 0 Å². The van der Waals surface area contributed by atoms with Crippen molar-refractivity contribution >= 4 is 12.1 Å². The van der Waals surface area contributed by atoms with Gasteiger partial charge < -0.3 is 61.6 Å². The Morgan fingerprint density at radius 2 is 1.27 bits per heavy atom. The van der Waals surface area contributed by atoms with E-state index >= 15 is 0 Å². The molecule has 3 fully saturated rings. The number of hydrogen-bond acceptors (Lipinski definition) is 15. The van der Waals surface area contributed by atoms with Crippen LogP contribution >= 0.6 is 0 Å². The highest BCUT2D eigenvalue weighted by molar-refractivity contribution is 5.79. The zero-order valence-corrected chi connectivity index (χ0v) is 36.6. The molecule has 1 aliphatic carbocycles. The predicted octanol–water partition coefficient (Wildman–Crippen LogP) is 7.80. The van der Waals surface area contributed by atoms with Gasteiger partial charge in [0.05, 0.1) is 52.7 Å². The van der Waals surface area contributed by atoms with Gasteiger partial charge in [0.15, 0.2) is 35.6 Å². The fourth-order valence-corrected chi connectivity index (χ4v) is 9.52. The Morgan fingerprint density at radius 1 is 0.682 bits per heavy atom. The fourth-order valence-electron chi connectivity index (χ4n) is 9.52. The standard InChI is InChI=1S/C51H50O15/c1-29-56-27-41-46(63-29)47(57-23-30-13-7-4-8-14-30)48(58-24-31-15-9-5-10-16-31)50(64-41)65-44-35-22-38-37(61-28-62-38)21-34(35)42(43-36(44)26-59-49(43)52)33-19-39(54-2)45(40(20-33)55-3)66-51(53)60-25-32-17-11-6-12-18-32/h4-22,29,36,41-44,46-48,50H,23-28H2,1-3H3/t29-,36+,41-,42-,43+,44-,46-,47-,48-,50+/m1/s1. The van der Waals surface area contributed by atoms with Gasteiger partial charge in [-0.2, -0.15) is 0 Å². The molecular formula is C51H50O15. The van der Waals surface area contributed by atoms with Crippen LogP contribution in [-0.4, -0.2) is 83.3 Å². The largest absolute Gasteiger partial charge is 0.514 e. The Hall–Kier alpha value is -6.20. The van der Waals surface area contributed by atoms with Crippen LogP contribution < -0.4 is 23.7 Å². The summed E-state index contributed by atoms with van der Waals surface area (Å²) in [7, 11) is 2.91. The van der Waals surface area contributed by atoms with Crippen LogP contribution in [0.4, 0.5) is 4.79 Å². The number of ether oxygens (including phenoxy) is 13. The lowest BCUT2D eigenvalue weighted by atomic mass is 9.66. The molecule has 344 valence electrons. The second-order valence-electron chi connectivity index (χ2n) is 16.6. The summed E-state index contributed by atoms with van der Waals surface area (Å²) in [4.78, 5) is 27.2. The molecule has 5 aliphatic rings. The number of cyclic esters (lactones) is 1. The zero-order valence-electron chi connectivity index (χ0n) is 36.6. The molecule has 5 aromatic rings. The van der Waals surface area contributed by atoms with Crippen LogP contribution in [0.5, 0.6) is 28.7 Å². The first-order chi connectivity index (χ1) is 32.3. The van der Waals surface area contributed by atoms with Crippen molar-refractivity contribution in [1.82, 2.24) is 0 Å². The molecule has 0 radical (unpaired) electrons. The highest BCUT2D eigenvalue weighted by atomic mass is 16.8. The SMILES string of the molecule is COc1cc([C@@H]2c3cc4c(cc3[C@@H](O[C@@H]3O[C@@H]5CO[C@@H](C)O[C@H]5[C@@H](OCc5ccccc5)[C@H]3OCc3ccccc3)[C@H]3COC(=O)[C@H]23)OCO4)cc(OC)c1OC(=O)OCc1ccccc1. The first-order valence-corrected chi connectivity index (χ1v) is 22.0. The molecule has 0 amide bonds. The van der Waals surface area contributed by atoms with Gasteiger partial charge in [0.25, 0.3) is 0 Å². The van der Waals surface area contributed by atoms with Crippen LogP contribution in [0, 0.1) is 11.8 Å². The topological polar surface area (TPSA) is 154 Å². The van der Waals surface area contributed by atoms with E-state index in [2.05, 4.69) is 0 Å². The third-order valence-electron chi connectivity index (χ3n) is 12.6. The summed E-state index contributed by atoms with van der Waals surface area (Å²) < 4.78 is 80.6. The molecule has 10 atom stereocenters. The average Bonchev–Trinajstić information content (AvgIpc) is 3.98. The van der Waals surface area contributed by atoms with Crippen molar-refractivity contribution in [2.75, 3.05) is 34.2 Å². The van der Waals surface area contributed by atoms with Gasteiger partial charge in [0.1, 0.15) is 31.0 Å². The summed E-state index contributed by atoms with van der Waals surface area (Å²) in [5.41, 5.74) is 4.78. The van der Waals surface area contributed by atoms with Crippen LogP contribution in [0.2, 0.25) is 0 Å². The highest BCUT2D eigenvalue weighted by Gasteiger charge is 2.57. The van der Waals surface area contributed by atoms with Crippen molar-refractivity contribution in [2.45, 2.75) is 75.8 Å². The molecule has 0 N–H and O–H groups in total. The third-order valence-corrected chi connectivity index (χ3v) is 12.6. The lowest BCUT2D eigenvalue weighted by Crippen LogP contribution is -2.64. The van der Waals surface area contributed by atoms with Gasteiger partial charge in [-0.05, 0) is 64.6 Å². The van der Waals surface area contributed by atoms with Crippen LogP contribution in [0.15, 0.2) is 115 Å². The number of hydrogen-bond donors (Lipinski definition) is 0. The Labute approximate surface area is 381 Å².